The highest BCUT2D eigenvalue weighted by molar-refractivity contribution is 8.02. The molecule has 3 amide bonds. The van der Waals surface area contributed by atoms with Crippen molar-refractivity contribution in [1.82, 2.24) is 10.2 Å². The van der Waals surface area contributed by atoms with E-state index in [4.69, 9.17) is 4.74 Å². The number of methoxy groups -OCH3 is 1. The predicted octanol–water partition coefficient (Wildman–Crippen LogP) is 3.23. The van der Waals surface area contributed by atoms with E-state index in [2.05, 4.69) is 17.6 Å². The average molecular weight is 538 g/mol. The average Bonchev–Trinajstić information content (AvgIpc) is 3.52. The Hall–Kier alpha value is -3.04. The number of aliphatic hydroxyl groups is 1. The zero-order chi connectivity index (χ0) is 27.0. The summed E-state index contributed by atoms with van der Waals surface area (Å²) in [5.41, 5.74) is 1.34. The lowest BCUT2D eigenvalue weighted by molar-refractivity contribution is -0.142. The number of hydrogen-bond acceptors (Lipinski definition) is 6. The van der Waals surface area contributed by atoms with Crippen LogP contribution in [0.15, 0.2) is 54.6 Å². The van der Waals surface area contributed by atoms with Gasteiger partial charge in [0.15, 0.2) is 0 Å². The molecule has 38 heavy (non-hydrogen) atoms. The van der Waals surface area contributed by atoms with Crippen molar-refractivity contribution >= 4 is 35.2 Å². The molecule has 0 aromatic heterocycles. The van der Waals surface area contributed by atoms with Crippen LogP contribution in [0.25, 0.3) is 0 Å². The molecule has 9 heteroatoms. The van der Waals surface area contributed by atoms with Crippen LogP contribution in [0.4, 0.5) is 5.69 Å². The number of benzene rings is 2. The molecule has 2 aromatic rings. The van der Waals surface area contributed by atoms with Gasteiger partial charge in [0.05, 0.1) is 36.3 Å². The molecule has 202 valence electrons. The maximum Gasteiger partial charge on any atom is 0.248 e. The number of carbonyl (C=O) groups excluding carboxylic acids is 3. The molecule has 2 aromatic carbocycles. The van der Waals surface area contributed by atoms with Crippen LogP contribution in [-0.2, 0) is 14.4 Å². The van der Waals surface area contributed by atoms with Gasteiger partial charge in [-0.15, -0.1) is 11.8 Å². The molecule has 0 saturated carbocycles. The number of hydrogen-bond donors (Lipinski definition) is 3. The summed E-state index contributed by atoms with van der Waals surface area (Å²) in [7, 11) is 1.58. The van der Waals surface area contributed by atoms with Crippen LogP contribution in [0.1, 0.15) is 38.3 Å². The topological polar surface area (TPSA) is 108 Å². The summed E-state index contributed by atoms with van der Waals surface area (Å²) in [5.74, 6) is -1.10. The lowest BCUT2D eigenvalue weighted by Gasteiger charge is -2.40. The monoisotopic (exact) mass is 537 g/mol. The van der Waals surface area contributed by atoms with Gasteiger partial charge in [0.1, 0.15) is 11.8 Å². The minimum absolute atomic E-state index is 0.0291. The largest absolute Gasteiger partial charge is 0.497 e. The number of ether oxygens (including phenoxy) is 1. The lowest BCUT2D eigenvalue weighted by Crippen LogP contribution is -2.55. The number of rotatable bonds is 9. The summed E-state index contributed by atoms with van der Waals surface area (Å²) in [6.07, 6.45) is 1.56. The molecule has 3 heterocycles. The Labute approximate surface area is 227 Å². The van der Waals surface area contributed by atoms with Crippen LogP contribution in [0, 0.1) is 17.8 Å². The fourth-order valence-electron chi connectivity index (χ4n) is 6.68. The second-order valence-corrected chi connectivity index (χ2v) is 12.0. The standard InChI is InChI=1S/C29H35N3O5S/c1-4-14-30-26(34)23-22-15-17(2)29(38-22)24(23)28(36)32(21(16-33)18-8-6-5-7-9-18)25(29)27(35)31-19-10-12-20(37-3)13-11-19/h5-13,17,21-25,33H,4,14-16H2,1-3H3,(H,30,34)(H,31,35)/t17?,21-,22-,23+,24+,25?,29?/m1/s1. The van der Waals surface area contributed by atoms with Gasteiger partial charge in [0, 0.05) is 17.5 Å². The van der Waals surface area contributed by atoms with Gasteiger partial charge in [0.25, 0.3) is 0 Å². The molecule has 1 spiro atoms. The van der Waals surface area contributed by atoms with Gasteiger partial charge in [-0.1, -0.05) is 44.2 Å². The molecule has 3 unspecified atom stereocenters. The summed E-state index contributed by atoms with van der Waals surface area (Å²) >= 11 is 1.63. The summed E-state index contributed by atoms with van der Waals surface area (Å²) < 4.78 is 4.47. The molecule has 3 fully saturated rings. The number of aliphatic hydroxyl groups excluding tert-OH is 1. The van der Waals surface area contributed by atoms with Crippen molar-refractivity contribution in [2.45, 2.75) is 48.8 Å². The van der Waals surface area contributed by atoms with Gasteiger partial charge in [-0.3, -0.25) is 14.4 Å². The van der Waals surface area contributed by atoms with Crippen molar-refractivity contribution in [1.29, 1.82) is 0 Å². The molecule has 5 rings (SSSR count). The number of amides is 3. The van der Waals surface area contributed by atoms with Gasteiger partial charge in [0.2, 0.25) is 17.7 Å². The summed E-state index contributed by atoms with van der Waals surface area (Å²) in [6, 6.07) is 14.8. The van der Waals surface area contributed by atoms with Crippen LogP contribution in [0.3, 0.4) is 0 Å². The van der Waals surface area contributed by atoms with Gasteiger partial charge >= 0.3 is 0 Å². The van der Waals surface area contributed by atoms with Crippen molar-refractivity contribution in [2.24, 2.45) is 17.8 Å². The van der Waals surface area contributed by atoms with E-state index < -0.39 is 28.7 Å². The minimum Gasteiger partial charge on any atom is -0.497 e. The van der Waals surface area contributed by atoms with E-state index in [1.165, 1.54) is 0 Å². The molecule has 2 bridgehead atoms. The second kappa shape index (κ2) is 10.6. The van der Waals surface area contributed by atoms with Gasteiger partial charge in [-0.2, -0.15) is 0 Å². The molecule has 3 aliphatic rings. The number of likely N-dealkylation sites (tertiary alicyclic amines) is 1. The number of thioether (sulfide) groups is 1. The van der Waals surface area contributed by atoms with E-state index in [0.29, 0.717) is 18.0 Å². The van der Waals surface area contributed by atoms with E-state index in [0.717, 1.165) is 18.4 Å². The molecular weight excluding hydrogens is 502 g/mol. The number of nitrogens with one attached hydrogen (secondary N) is 2. The first-order valence-electron chi connectivity index (χ1n) is 13.3. The highest BCUT2D eigenvalue weighted by Gasteiger charge is 2.76. The van der Waals surface area contributed by atoms with Crippen molar-refractivity contribution in [3.8, 4) is 5.75 Å². The SMILES string of the molecule is CCCNC(=O)[C@@H]1[C@H]2C(=O)N([C@H](CO)c3ccccc3)C(C(=O)Nc3ccc(OC)cc3)C23S[C@@H]1CC3C. The zero-order valence-corrected chi connectivity index (χ0v) is 22.7. The third kappa shape index (κ3) is 4.16. The predicted molar refractivity (Wildman–Crippen MR) is 147 cm³/mol. The Kier molecular flexibility index (Phi) is 7.42. The molecule has 0 radical (unpaired) electrons. The molecule has 3 aliphatic heterocycles. The maximum atomic E-state index is 14.4. The molecule has 7 atom stereocenters. The summed E-state index contributed by atoms with van der Waals surface area (Å²) in [5, 5.41) is 16.6. The normalized spacial score (nSPS) is 30.2. The van der Waals surface area contributed by atoms with Crippen molar-refractivity contribution in [3.63, 3.8) is 0 Å². The maximum absolute atomic E-state index is 14.4. The molecule has 3 saturated heterocycles. The van der Waals surface area contributed by atoms with Crippen LogP contribution >= 0.6 is 11.8 Å². The smallest absolute Gasteiger partial charge is 0.248 e. The van der Waals surface area contributed by atoms with E-state index in [-0.39, 0.29) is 35.5 Å². The first kappa shape index (κ1) is 26.6. The summed E-state index contributed by atoms with van der Waals surface area (Å²) in [6.45, 7) is 4.29. The number of nitrogens with zero attached hydrogens (tertiary/aromatic N) is 1. The highest BCUT2D eigenvalue weighted by atomic mass is 32.2. The fourth-order valence-corrected chi connectivity index (χ4v) is 9.08. The van der Waals surface area contributed by atoms with Gasteiger partial charge < -0.3 is 25.4 Å². The number of fused-ring (bicyclic) bond motifs is 1. The van der Waals surface area contributed by atoms with E-state index in [1.807, 2.05) is 37.3 Å². The van der Waals surface area contributed by atoms with Crippen LogP contribution < -0.4 is 15.4 Å². The Bertz CT molecular complexity index is 1190. The minimum atomic E-state index is -0.853. The Morgan fingerprint density at radius 3 is 2.50 bits per heavy atom. The molecule has 3 N–H and O–H groups in total. The Balaban J connectivity index is 1.58. The van der Waals surface area contributed by atoms with E-state index in [9.17, 15) is 19.5 Å². The Morgan fingerprint density at radius 1 is 1.16 bits per heavy atom. The van der Waals surface area contributed by atoms with E-state index >= 15 is 0 Å². The van der Waals surface area contributed by atoms with Crippen LogP contribution in [0.2, 0.25) is 0 Å². The lowest BCUT2D eigenvalue weighted by atomic mass is 9.66. The molecular formula is C29H35N3O5S. The van der Waals surface area contributed by atoms with Crippen molar-refractivity contribution in [3.05, 3.63) is 60.2 Å². The van der Waals surface area contributed by atoms with Crippen molar-refractivity contribution < 1.29 is 24.2 Å². The summed E-state index contributed by atoms with van der Waals surface area (Å²) in [4.78, 5) is 43.5. The number of anilines is 1. The third-order valence-electron chi connectivity index (χ3n) is 8.33. The third-order valence-corrected chi connectivity index (χ3v) is 10.4. The van der Waals surface area contributed by atoms with Gasteiger partial charge in [-0.05, 0) is 48.6 Å². The second-order valence-electron chi connectivity index (χ2n) is 10.4. The number of carbonyl (C=O) groups is 3. The van der Waals surface area contributed by atoms with Gasteiger partial charge in [-0.25, -0.2) is 0 Å². The Morgan fingerprint density at radius 2 is 1.87 bits per heavy atom. The van der Waals surface area contributed by atoms with Crippen LogP contribution in [0.5, 0.6) is 5.75 Å². The fraction of sp³-hybridized carbons (Fsp3) is 0.483. The zero-order valence-electron chi connectivity index (χ0n) is 21.9. The first-order valence-corrected chi connectivity index (χ1v) is 14.1. The van der Waals surface area contributed by atoms with E-state index in [1.54, 1.807) is 48.0 Å². The first-order chi connectivity index (χ1) is 18.4. The molecule has 0 aliphatic carbocycles. The quantitative estimate of drug-likeness (QED) is 0.453. The molecule has 8 nitrogen and oxygen atoms in total. The van der Waals surface area contributed by atoms with Crippen molar-refractivity contribution in [2.75, 3.05) is 25.6 Å². The highest BCUT2D eigenvalue weighted by Crippen LogP contribution is 2.69. The van der Waals surface area contributed by atoms with Crippen LogP contribution in [-0.4, -0.2) is 64.0 Å².